The van der Waals surface area contributed by atoms with Crippen LogP contribution >= 0.6 is 0 Å². The van der Waals surface area contributed by atoms with Gasteiger partial charge in [0.2, 0.25) is 5.56 Å². The topological polar surface area (TPSA) is 81.0 Å². The first-order chi connectivity index (χ1) is 19.9. The highest BCUT2D eigenvalue weighted by Gasteiger charge is 2.47. The Bertz CT molecular complexity index is 1640. The minimum Gasteiger partial charge on any atom is -0.361 e. The monoisotopic (exact) mass is 548 g/mol. The van der Waals surface area contributed by atoms with E-state index in [1.54, 1.807) is 11.8 Å². The van der Waals surface area contributed by atoms with Crippen LogP contribution in [0.15, 0.2) is 65.7 Å². The molecular formula is C35H40N4O2. The molecule has 6 nitrogen and oxygen atoms in total. The Kier molecular flexibility index (Phi) is 6.61. The SMILES string of the molecule is Cc1cc(C2CC2)c(CN2CCC3(CC(C)C3)C[C@H]2c2ccc(C(=O)NCc3cc[nH]c(=O)c3)cc2)c2cc[nH]c12. The third kappa shape index (κ3) is 5.14. The van der Waals surface area contributed by atoms with Crippen LogP contribution < -0.4 is 10.9 Å². The van der Waals surface area contributed by atoms with E-state index in [1.165, 1.54) is 72.2 Å². The number of carbonyl (C=O) groups is 1. The molecule has 0 radical (unpaired) electrons. The number of pyridine rings is 1. The maximum absolute atomic E-state index is 12.9. The first-order valence-electron chi connectivity index (χ1n) is 15.3. The van der Waals surface area contributed by atoms with Crippen molar-refractivity contribution in [3.63, 3.8) is 0 Å². The minimum atomic E-state index is -0.163. The molecule has 3 fully saturated rings. The van der Waals surface area contributed by atoms with Gasteiger partial charge >= 0.3 is 0 Å². The summed E-state index contributed by atoms with van der Waals surface area (Å²) in [4.78, 5) is 33.3. The number of aryl methyl sites for hydroxylation is 1. The van der Waals surface area contributed by atoms with Crippen molar-refractivity contribution in [2.24, 2.45) is 11.3 Å². The van der Waals surface area contributed by atoms with Crippen LogP contribution in [-0.4, -0.2) is 27.3 Å². The highest BCUT2D eigenvalue weighted by molar-refractivity contribution is 5.94. The van der Waals surface area contributed by atoms with E-state index in [2.05, 4.69) is 64.5 Å². The Morgan fingerprint density at radius 3 is 2.54 bits per heavy atom. The Hall–Kier alpha value is -3.64. The highest BCUT2D eigenvalue weighted by Crippen LogP contribution is 2.57. The van der Waals surface area contributed by atoms with E-state index in [9.17, 15) is 9.59 Å². The fourth-order valence-electron chi connectivity index (χ4n) is 7.86. The first-order valence-corrected chi connectivity index (χ1v) is 15.3. The van der Waals surface area contributed by atoms with Crippen molar-refractivity contribution in [2.75, 3.05) is 6.54 Å². The molecule has 0 bridgehead atoms. The number of nitrogens with zero attached hydrogens (tertiary/aromatic N) is 1. The van der Waals surface area contributed by atoms with Gasteiger partial charge in [-0.2, -0.15) is 0 Å². The molecule has 1 amide bonds. The van der Waals surface area contributed by atoms with Gasteiger partial charge in [0.05, 0.1) is 0 Å². The second-order valence-corrected chi connectivity index (χ2v) is 13.1. The number of benzene rings is 2. The minimum absolute atomic E-state index is 0.120. The van der Waals surface area contributed by atoms with E-state index in [4.69, 9.17) is 0 Å². The molecule has 3 heterocycles. The van der Waals surface area contributed by atoms with Crippen molar-refractivity contribution in [2.45, 2.75) is 77.4 Å². The second-order valence-electron chi connectivity index (χ2n) is 13.1. The molecule has 4 aromatic rings. The summed E-state index contributed by atoms with van der Waals surface area (Å²) in [5.74, 6) is 1.41. The fourth-order valence-corrected chi connectivity index (χ4v) is 7.86. The molecule has 6 heteroatoms. The molecule has 2 aromatic carbocycles. The Morgan fingerprint density at radius 2 is 1.80 bits per heavy atom. The zero-order chi connectivity index (χ0) is 28.1. The zero-order valence-electron chi connectivity index (χ0n) is 24.1. The van der Waals surface area contributed by atoms with Crippen molar-refractivity contribution in [1.29, 1.82) is 0 Å². The number of nitrogens with one attached hydrogen (secondary N) is 3. The summed E-state index contributed by atoms with van der Waals surface area (Å²) >= 11 is 0. The summed E-state index contributed by atoms with van der Waals surface area (Å²) in [6.07, 6.45) is 11.4. The van der Waals surface area contributed by atoms with Gasteiger partial charge in [-0.15, -0.1) is 0 Å². The summed E-state index contributed by atoms with van der Waals surface area (Å²) in [6, 6.07) is 16.7. The fraction of sp³-hybridized carbons (Fsp3) is 0.429. The summed E-state index contributed by atoms with van der Waals surface area (Å²) in [5.41, 5.74) is 8.72. The average Bonchev–Trinajstić information content (AvgIpc) is 3.68. The molecule has 7 rings (SSSR count). The van der Waals surface area contributed by atoms with E-state index in [-0.39, 0.29) is 11.5 Å². The quantitative estimate of drug-likeness (QED) is 0.240. The van der Waals surface area contributed by atoms with Gasteiger partial charge in [-0.25, -0.2) is 0 Å². The lowest BCUT2D eigenvalue weighted by atomic mass is 9.56. The lowest BCUT2D eigenvalue weighted by Crippen LogP contribution is -2.47. The van der Waals surface area contributed by atoms with Crippen LogP contribution in [0.2, 0.25) is 0 Å². The van der Waals surface area contributed by atoms with Crippen LogP contribution in [0.1, 0.15) is 95.6 Å². The number of aromatic amines is 2. The Morgan fingerprint density at radius 1 is 1.02 bits per heavy atom. The summed E-state index contributed by atoms with van der Waals surface area (Å²) in [7, 11) is 0. The van der Waals surface area contributed by atoms with E-state index in [0.717, 1.165) is 24.6 Å². The van der Waals surface area contributed by atoms with Crippen molar-refractivity contribution in [3.05, 3.63) is 105 Å². The highest BCUT2D eigenvalue weighted by atomic mass is 16.1. The van der Waals surface area contributed by atoms with E-state index >= 15 is 0 Å². The molecule has 3 aliphatic rings. The summed E-state index contributed by atoms with van der Waals surface area (Å²) < 4.78 is 0. The molecule has 1 saturated heterocycles. The molecule has 1 spiro atoms. The number of hydrogen-bond donors (Lipinski definition) is 3. The zero-order valence-corrected chi connectivity index (χ0v) is 24.1. The third-order valence-corrected chi connectivity index (χ3v) is 9.97. The van der Waals surface area contributed by atoms with Gasteiger partial charge in [-0.3, -0.25) is 14.5 Å². The summed E-state index contributed by atoms with van der Waals surface area (Å²) in [5, 5.41) is 4.34. The molecule has 3 N–H and O–H groups in total. The number of piperidine rings is 1. The van der Waals surface area contributed by atoms with Gasteiger partial charge in [0.1, 0.15) is 0 Å². The van der Waals surface area contributed by atoms with E-state index in [0.29, 0.717) is 29.5 Å². The van der Waals surface area contributed by atoms with E-state index in [1.807, 2.05) is 18.2 Å². The van der Waals surface area contributed by atoms with Gasteiger partial charge in [0.25, 0.3) is 5.91 Å². The van der Waals surface area contributed by atoms with E-state index < -0.39 is 0 Å². The number of fused-ring (bicyclic) bond motifs is 1. The number of hydrogen-bond acceptors (Lipinski definition) is 3. The van der Waals surface area contributed by atoms with Gasteiger partial charge in [-0.1, -0.05) is 25.1 Å². The molecule has 41 heavy (non-hydrogen) atoms. The average molecular weight is 549 g/mol. The molecule has 2 saturated carbocycles. The number of aromatic nitrogens is 2. The predicted molar refractivity (Wildman–Crippen MR) is 163 cm³/mol. The van der Waals surface area contributed by atoms with Gasteiger partial charge in [-0.05, 0) is 121 Å². The molecule has 2 aliphatic carbocycles. The van der Waals surface area contributed by atoms with Crippen LogP contribution in [0, 0.1) is 18.3 Å². The maximum atomic E-state index is 12.9. The standard InChI is InChI=1S/C35H40N4O2/c1-22-17-35(18-22)11-14-39(21-30-28-10-13-37-33(28)23(2)15-29(30)25-3-4-25)31(19-35)26-5-7-27(8-6-26)34(41)38-20-24-9-12-36-32(40)16-24/h5-10,12-13,15-16,22,25,31,37H,3-4,11,14,17-21H2,1-2H3,(H,36,40)(H,38,41)/t22?,31-,35?/m0/s1. The van der Waals surface area contributed by atoms with Crippen molar-refractivity contribution >= 4 is 16.8 Å². The van der Waals surface area contributed by atoms with Gasteiger partial charge in [0, 0.05) is 54.1 Å². The van der Waals surface area contributed by atoms with Crippen LogP contribution in [0.25, 0.3) is 10.9 Å². The van der Waals surface area contributed by atoms with Gasteiger partial charge in [0.15, 0.2) is 0 Å². The smallest absolute Gasteiger partial charge is 0.251 e. The number of likely N-dealkylation sites (tertiary alicyclic amines) is 1. The third-order valence-electron chi connectivity index (χ3n) is 9.97. The molecule has 2 aromatic heterocycles. The molecular weight excluding hydrogens is 508 g/mol. The normalized spacial score (nSPS) is 24.4. The van der Waals surface area contributed by atoms with Crippen LogP contribution in [-0.2, 0) is 13.1 Å². The van der Waals surface area contributed by atoms with Crippen LogP contribution in [0.4, 0.5) is 0 Å². The van der Waals surface area contributed by atoms with Crippen molar-refractivity contribution < 1.29 is 4.79 Å². The second kappa shape index (κ2) is 10.3. The Balaban J connectivity index is 1.14. The molecule has 212 valence electrons. The molecule has 1 atom stereocenters. The number of carbonyl (C=O) groups excluding carboxylic acids is 1. The first kappa shape index (κ1) is 26.3. The molecule has 0 unspecified atom stereocenters. The van der Waals surface area contributed by atoms with Crippen molar-refractivity contribution in [1.82, 2.24) is 20.2 Å². The molecule has 1 aliphatic heterocycles. The number of rotatable bonds is 7. The predicted octanol–water partition coefficient (Wildman–Crippen LogP) is 6.73. The summed E-state index contributed by atoms with van der Waals surface area (Å²) in [6.45, 7) is 7.03. The largest absolute Gasteiger partial charge is 0.361 e. The lowest BCUT2D eigenvalue weighted by molar-refractivity contribution is -0.0396. The van der Waals surface area contributed by atoms with Crippen LogP contribution in [0.3, 0.4) is 0 Å². The van der Waals surface area contributed by atoms with Crippen molar-refractivity contribution in [3.8, 4) is 0 Å². The Labute approximate surface area is 241 Å². The van der Waals surface area contributed by atoms with Gasteiger partial charge < -0.3 is 15.3 Å². The van der Waals surface area contributed by atoms with Crippen LogP contribution in [0.5, 0.6) is 0 Å². The lowest BCUT2D eigenvalue weighted by Gasteiger charge is -2.54. The number of amides is 1. The number of H-pyrrole nitrogens is 2. The maximum Gasteiger partial charge on any atom is 0.251 e.